The topological polar surface area (TPSA) is 213 Å². The van der Waals surface area contributed by atoms with E-state index in [0.29, 0.717) is 44.4 Å². The number of rotatable bonds is 6. The summed E-state index contributed by atoms with van der Waals surface area (Å²) in [6, 6.07) is 0. The summed E-state index contributed by atoms with van der Waals surface area (Å²) in [5, 5.41) is 75.1. The Morgan fingerprint density at radius 1 is 0.759 bits per heavy atom. The number of fused-ring (bicyclic) bond motifs is 7. The Hall–Kier alpha value is -1.68. The van der Waals surface area contributed by atoms with Crippen LogP contribution in [0.2, 0.25) is 0 Å². The monoisotopic (exact) mass is 764 g/mol. The molecule has 2 saturated heterocycles. The molecule has 13 nitrogen and oxygen atoms in total. The minimum absolute atomic E-state index is 0.0396. The molecule has 0 aromatic rings. The maximum absolute atomic E-state index is 13.9. The Morgan fingerprint density at radius 3 is 2.13 bits per heavy atom. The lowest BCUT2D eigenvalue weighted by Crippen LogP contribution is -2.68. The molecule has 2 heterocycles. The number of hydrogen-bond donors (Lipinski definition) is 7. The number of hydrogen-bond acceptors (Lipinski definition) is 11. The summed E-state index contributed by atoms with van der Waals surface area (Å²) >= 11 is 0. The molecular formula is C41H64O13. The van der Waals surface area contributed by atoms with E-state index in [4.69, 9.17) is 18.9 Å². The largest absolute Gasteiger partial charge is 0.481 e. The summed E-state index contributed by atoms with van der Waals surface area (Å²) in [4.78, 5) is 27.0. The quantitative estimate of drug-likeness (QED) is 0.153. The fourth-order valence-corrected chi connectivity index (χ4v) is 13.7. The van der Waals surface area contributed by atoms with Gasteiger partial charge in [-0.1, -0.05) is 53.2 Å². The van der Waals surface area contributed by atoms with Crippen LogP contribution in [0.3, 0.4) is 0 Å². The van der Waals surface area contributed by atoms with E-state index in [1.807, 2.05) is 0 Å². The molecule has 0 radical (unpaired) electrons. The SMILES string of the molecule is C[C@@H]1CCC2(C(=O)O)CC[C@]3(C(=O)O)C(=CCC4[C@@]5(C)CCC(OC6O[C@H](C)[C@@H](O)[C@H](OC7OC[C@@H](O)[C@H](O)[C@H]7O)[C@H]6O)C(C)(C)C5CC[C@]43C)C2[C@H]1C. The van der Waals surface area contributed by atoms with Crippen LogP contribution in [0.15, 0.2) is 11.6 Å². The second kappa shape index (κ2) is 13.7. The van der Waals surface area contributed by atoms with Crippen LogP contribution < -0.4 is 0 Å². The van der Waals surface area contributed by atoms with Gasteiger partial charge in [-0.3, -0.25) is 9.59 Å². The predicted octanol–water partition coefficient (Wildman–Crippen LogP) is 3.47. The maximum atomic E-state index is 13.9. The molecule has 0 aromatic heterocycles. The number of carbonyl (C=O) groups is 2. The van der Waals surface area contributed by atoms with Crippen molar-refractivity contribution in [2.24, 2.45) is 56.7 Å². The number of carboxylic acids is 2. The third-order valence-corrected chi connectivity index (χ3v) is 17.0. The summed E-state index contributed by atoms with van der Waals surface area (Å²) in [5.41, 5.74) is -2.49. The molecule has 0 amide bonds. The highest BCUT2D eigenvalue weighted by molar-refractivity contribution is 5.84. The second-order valence-corrected chi connectivity index (χ2v) is 19.5. The van der Waals surface area contributed by atoms with Crippen LogP contribution in [0, 0.1) is 56.7 Å². The smallest absolute Gasteiger partial charge is 0.314 e. The van der Waals surface area contributed by atoms with Crippen molar-refractivity contribution in [1.29, 1.82) is 0 Å². The number of ether oxygens (including phenoxy) is 4. The summed E-state index contributed by atoms with van der Waals surface area (Å²) in [7, 11) is 0. The Morgan fingerprint density at radius 2 is 1.46 bits per heavy atom. The lowest BCUT2D eigenvalue weighted by Gasteiger charge is -2.70. The molecule has 6 fully saturated rings. The van der Waals surface area contributed by atoms with Crippen molar-refractivity contribution in [3.8, 4) is 0 Å². The molecule has 7 unspecified atom stereocenters. The summed E-state index contributed by atoms with van der Waals surface area (Å²) in [5.74, 6) is -1.39. The number of aliphatic hydroxyl groups is 5. The van der Waals surface area contributed by atoms with Gasteiger partial charge >= 0.3 is 11.9 Å². The normalized spacial score (nSPS) is 54.2. The molecule has 7 aliphatic rings. The van der Waals surface area contributed by atoms with Gasteiger partial charge in [0.1, 0.15) is 36.6 Å². The van der Waals surface area contributed by atoms with Crippen LogP contribution in [-0.2, 0) is 28.5 Å². The minimum Gasteiger partial charge on any atom is -0.481 e. The highest BCUT2D eigenvalue weighted by Gasteiger charge is 2.73. The summed E-state index contributed by atoms with van der Waals surface area (Å²) in [6.07, 6.45) is -4.46. The molecule has 0 bridgehead atoms. The van der Waals surface area contributed by atoms with Gasteiger partial charge in [0.15, 0.2) is 12.6 Å². The van der Waals surface area contributed by atoms with E-state index in [2.05, 4.69) is 47.6 Å². The standard InChI is InChI=1S/C41H64O13/c1-19-10-15-40(35(47)48)16-17-41(36(49)50)22(27(40)20(19)2)8-9-25-38(6)13-12-26(37(4,5)24(38)11-14-39(25,41)7)53-34-31(46)32(28(43)21(3)52-34)54-33-30(45)29(44)23(42)18-51-33/h8,19-21,23-34,42-46H,9-18H2,1-7H3,(H,47,48)(H,49,50)/t19-,20+,21-,23-,24?,25?,26?,27?,28-,29+,30-,31-,32+,33?,34?,38+,39-,40?,41-/m1/s1. The van der Waals surface area contributed by atoms with Gasteiger partial charge in [-0.05, 0) is 111 Å². The van der Waals surface area contributed by atoms with Crippen molar-refractivity contribution < 1.29 is 64.3 Å². The number of aliphatic carboxylic acids is 2. The van der Waals surface area contributed by atoms with E-state index in [9.17, 15) is 45.3 Å². The highest BCUT2D eigenvalue weighted by Crippen LogP contribution is 2.76. The third-order valence-electron chi connectivity index (χ3n) is 17.0. The molecule has 7 N–H and O–H groups in total. The zero-order valence-electron chi connectivity index (χ0n) is 32.9. The van der Waals surface area contributed by atoms with Crippen molar-refractivity contribution in [1.82, 2.24) is 0 Å². The van der Waals surface area contributed by atoms with E-state index in [1.165, 1.54) is 0 Å². The van der Waals surface area contributed by atoms with Gasteiger partial charge in [0.05, 0.1) is 29.6 Å². The van der Waals surface area contributed by atoms with E-state index in [0.717, 1.165) is 24.8 Å². The first kappa shape index (κ1) is 40.5. The van der Waals surface area contributed by atoms with Gasteiger partial charge in [-0.25, -0.2) is 0 Å². The summed E-state index contributed by atoms with van der Waals surface area (Å²) < 4.78 is 23.9. The van der Waals surface area contributed by atoms with Gasteiger partial charge in [0.25, 0.3) is 0 Å². The lowest BCUT2D eigenvalue weighted by molar-refractivity contribution is -0.358. The van der Waals surface area contributed by atoms with Crippen LogP contribution in [0.4, 0.5) is 0 Å². The Bertz CT molecular complexity index is 1500. The van der Waals surface area contributed by atoms with Gasteiger partial charge in [0.2, 0.25) is 0 Å². The van der Waals surface area contributed by atoms with E-state index in [1.54, 1.807) is 6.92 Å². The maximum Gasteiger partial charge on any atom is 0.314 e. The number of allylic oxidation sites excluding steroid dienone is 1. The van der Waals surface area contributed by atoms with E-state index < -0.39 is 88.9 Å². The molecule has 5 aliphatic carbocycles. The van der Waals surface area contributed by atoms with Crippen molar-refractivity contribution in [2.45, 2.75) is 168 Å². The van der Waals surface area contributed by atoms with Crippen LogP contribution in [-0.4, -0.2) is 116 Å². The van der Waals surface area contributed by atoms with Crippen molar-refractivity contribution in [3.05, 3.63) is 11.6 Å². The molecule has 306 valence electrons. The van der Waals surface area contributed by atoms with Crippen LogP contribution in [0.25, 0.3) is 0 Å². The van der Waals surface area contributed by atoms with Crippen molar-refractivity contribution in [3.63, 3.8) is 0 Å². The number of carboxylic acid groups (broad SMARTS) is 2. The fraction of sp³-hybridized carbons (Fsp3) is 0.902. The van der Waals surface area contributed by atoms with E-state index >= 15 is 0 Å². The van der Waals surface area contributed by atoms with Crippen LogP contribution in [0.5, 0.6) is 0 Å². The number of aliphatic hydroxyl groups excluding tert-OH is 5. The molecule has 7 rings (SSSR count). The Balaban J connectivity index is 1.15. The first-order valence-corrected chi connectivity index (χ1v) is 20.3. The van der Waals surface area contributed by atoms with Crippen molar-refractivity contribution >= 4 is 11.9 Å². The predicted molar refractivity (Wildman–Crippen MR) is 192 cm³/mol. The molecule has 13 heteroatoms. The zero-order valence-corrected chi connectivity index (χ0v) is 32.9. The van der Waals surface area contributed by atoms with Gasteiger partial charge in [-0.15, -0.1) is 0 Å². The molecular weight excluding hydrogens is 700 g/mol. The highest BCUT2D eigenvalue weighted by atomic mass is 16.7. The zero-order chi connectivity index (χ0) is 39.5. The molecule has 0 aromatic carbocycles. The van der Waals surface area contributed by atoms with Crippen LogP contribution in [0.1, 0.15) is 106 Å². The molecule has 19 atom stereocenters. The Kier molecular flexibility index (Phi) is 10.3. The van der Waals surface area contributed by atoms with E-state index in [-0.39, 0.29) is 41.8 Å². The first-order valence-electron chi connectivity index (χ1n) is 20.3. The lowest BCUT2D eigenvalue weighted by atomic mass is 9.33. The molecule has 0 spiro atoms. The minimum atomic E-state index is -1.61. The molecule has 4 saturated carbocycles. The Labute approximate surface area is 318 Å². The van der Waals surface area contributed by atoms with Gasteiger partial charge < -0.3 is 54.7 Å². The van der Waals surface area contributed by atoms with Crippen LogP contribution >= 0.6 is 0 Å². The van der Waals surface area contributed by atoms with Gasteiger partial charge in [-0.2, -0.15) is 0 Å². The average molecular weight is 765 g/mol. The van der Waals surface area contributed by atoms with Gasteiger partial charge in [0, 0.05) is 0 Å². The first-order chi connectivity index (χ1) is 25.2. The average Bonchev–Trinajstić information content (AvgIpc) is 3.10. The third kappa shape index (κ3) is 5.56. The van der Waals surface area contributed by atoms with Crippen molar-refractivity contribution in [2.75, 3.05) is 6.61 Å². The molecule has 54 heavy (non-hydrogen) atoms. The summed E-state index contributed by atoms with van der Waals surface area (Å²) in [6.45, 7) is 14.5. The fourth-order valence-electron chi connectivity index (χ4n) is 13.7. The molecule has 2 aliphatic heterocycles. The second-order valence-electron chi connectivity index (χ2n) is 19.5.